The molecule has 7 heteroatoms. The Bertz CT molecular complexity index is 1280. The van der Waals surface area contributed by atoms with Crippen LogP contribution < -0.4 is 0 Å². The molecule has 0 aromatic heterocycles. The molecule has 0 bridgehead atoms. The van der Waals surface area contributed by atoms with Gasteiger partial charge in [0.05, 0.1) is 17.0 Å². The van der Waals surface area contributed by atoms with Crippen LogP contribution in [-0.2, 0) is 29.1 Å². The van der Waals surface area contributed by atoms with Crippen molar-refractivity contribution >= 4 is 23.1 Å². The van der Waals surface area contributed by atoms with E-state index in [1.165, 1.54) is 22.6 Å². The fourth-order valence-corrected chi connectivity index (χ4v) is 4.46. The molecule has 5 rings (SSSR count). The largest absolute Gasteiger partial charge is 0.362 e. The lowest BCUT2D eigenvalue weighted by atomic mass is 9.98. The quantitative estimate of drug-likeness (QED) is 0.342. The van der Waals surface area contributed by atoms with Crippen molar-refractivity contribution in [2.45, 2.75) is 19.5 Å². The van der Waals surface area contributed by atoms with Gasteiger partial charge in [-0.05, 0) is 40.8 Å². The lowest BCUT2D eigenvalue weighted by Crippen LogP contribution is -2.37. The first-order valence-corrected chi connectivity index (χ1v) is 10.7. The number of fused-ring (bicyclic) bond motifs is 1. The van der Waals surface area contributed by atoms with Crippen molar-refractivity contribution in [1.82, 2.24) is 9.80 Å². The fourth-order valence-electron chi connectivity index (χ4n) is 4.46. The van der Waals surface area contributed by atoms with Crippen LogP contribution in [0.3, 0.4) is 0 Å². The molecule has 7 nitrogen and oxygen atoms in total. The predicted molar refractivity (Wildman–Crippen MR) is 123 cm³/mol. The van der Waals surface area contributed by atoms with Gasteiger partial charge in [-0.3, -0.25) is 24.6 Å². The van der Waals surface area contributed by atoms with E-state index in [4.69, 9.17) is 0 Å². The highest BCUT2D eigenvalue weighted by Crippen LogP contribution is 2.35. The summed E-state index contributed by atoms with van der Waals surface area (Å²) in [6.07, 6.45) is 0.771. The summed E-state index contributed by atoms with van der Waals surface area (Å²) in [6.45, 7) is 1.31. The maximum Gasteiger partial charge on any atom is 0.278 e. The van der Waals surface area contributed by atoms with Gasteiger partial charge in [-0.25, -0.2) is 0 Å². The highest BCUT2D eigenvalue weighted by atomic mass is 16.6. The van der Waals surface area contributed by atoms with E-state index in [1.807, 2.05) is 53.4 Å². The van der Waals surface area contributed by atoms with Gasteiger partial charge in [-0.2, -0.15) is 0 Å². The molecule has 2 aliphatic heterocycles. The summed E-state index contributed by atoms with van der Waals surface area (Å²) in [7, 11) is 0. The monoisotopic (exact) mass is 439 g/mol. The number of hydrogen-bond donors (Lipinski definition) is 0. The Hall–Kier alpha value is -4.26. The van der Waals surface area contributed by atoms with Crippen LogP contribution in [0.25, 0.3) is 5.57 Å². The molecule has 0 saturated carbocycles. The third kappa shape index (κ3) is 3.78. The van der Waals surface area contributed by atoms with E-state index < -0.39 is 4.92 Å². The molecule has 164 valence electrons. The van der Waals surface area contributed by atoms with Gasteiger partial charge >= 0.3 is 0 Å². The second kappa shape index (κ2) is 8.35. The maximum absolute atomic E-state index is 13.6. The number of imide groups is 1. The first-order valence-electron chi connectivity index (χ1n) is 10.7. The number of carbonyl (C=O) groups excluding carboxylic acids is 2. The Labute approximate surface area is 190 Å². The number of rotatable bonds is 5. The van der Waals surface area contributed by atoms with E-state index in [0.29, 0.717) is 29.9 Å². The van der Waals surface area contributed by atoms with Crippen LogP contribution in [0.4, 0.5) is 5.69 Å². The zero-order chi connectivity index (χ0) is 22.9. The molecular formula is C26H21N3O4. The zero-order valence-electron chi connectivity index (χ0n) is 17.8. The molecule has 33 heavy (non-hydrogen) atoms. The second-order valence-corrected chi connectivity index (χ2v) is 8.15. The Balaban J connectivity index is 1.56. The topological polar surface area (TPSA) is 83.8 Å². The minimum atomic E-state index is -0.482. The molecule has 3 aromatic rings. The van der Waals surface area contributed by atoms with Crippen LogP contribution in [0.15, 0.2) is 84.6 Å². The Kier molecular flexibility index (Phi) is 5.22. The van der Waals surface area contributed by atoms with Crippen LogP contribution in [0.5, 0.6) is 0 Å². The molecule has 0 radical (unpaired) electrons. The average Bonchev–Trinajstić information content (AvgIpc) is 3.09. The van der Waals surface area contributed by atoms with Crippen LogP contribution in [0.1, 0.15) is 22.3 Å². The number of amides is 2. The molecule has 3 aromatic carbocycles. The molecule has 0 atom stereocenters. The number of nitro benzene ring substituents is 1. The first-order chi connectivity index (χ1) is 16.0. The molecule has 0 saturated heterocycles. The second-order valence-electron chi connectivity index (χ2n) is 8.15. The molecule has 0 spiro atoms. The van der Waals surface area contributed by atoms with E-state index in [0.717, 1.165) is 17.5 Å². The van der Waals surface area contributed by atoms with Gasteiger partial charge in [0, 0.05) is 25.2 Å². The highest BCUT2D eigenvalue weighted by Gasteiger charge is 2.42. The Morgan fingerprint density at radius 1 is 0.818 bits per heavy atom. The van der Waals surface area contributed by atoms with Gasteiger partial charge in [0.1, 0.15) is 5.70 Å². The molecule has 2 heterocycles. The minimum Gasteiger partial charge on any atom is -0.362 e. The summed E-state index contributed by atoms with van der Waals surface area (Å²) in [5.41, 5.74) is 4.32. The third-order valence-corrected chi connectivity index (χ3v) is 6.14. The van der Waals surface area contributed by atoms with Gasteiger partial charge in [0.25, 0.3) is 17.5 Å². The van der Waals surface area contributed by atoms with Crippen LogP contribution >= 0.6 is 0 Å². The van der Waals surface area contributed by atoms with E-state index in [1.54, 1.807) is 12.1 Å². The molecule has 2 aliphatic rings. The van der Waals surface area contributed by atoms with Gasteiger partial charge in [0.15, 0.2) is 0 Å². The summed E-state index contributed by atoms with van der Waals surface area (Å²) in [6, 6.07) is 23.3. The molecule has 0 N–H and O–H groups in total. The van der Waals surface area contributed by atoms with Crippen LogP contribution in [0, 0.1) is 10.1 Å². The normalized spacial score (nSPS) is 15.8. The predicted octanol–water partition coefficient (Wildman–Crippen LogP) is 3.93. The smallest absolute Gasteiger partial charge is 0.278 e. The Morgan fingerprint density at radius 3 is 2.18 bits per heavy atom. The number of benzene rings is 3. The summed E-state index contributed by atoms with van der Waals surface area (Å²) < 4.78 is 0. The number of non-ortho nitro benzene ring substituents is 1. The van der Waals surface area contributed by atoms with E-state index in [-0.39, 0.29) is 24.0 Å². The maximum atomic E-state index is 13.6. The lowest BCUT2D eigenvalue weighted by molar-refractivity contribution is -0.384. The molecular weight excluding hydrogens is 418 g/mol. The minimum absolute atomic E-state index is 0.0642. The lowest BCUT2D eigenvalue weighted by Gasteiger charge is -2.31. The number of carbonyl (C=O) groups is 2. The molecule has 2 amide bonds. The summed E-state index contributed by atoms with van der Waals surface area (Å²) in [5.74, 6) is -0.719. The standard InChI is InChI=1S/C26H21N3O4/c30-25-23(20-10-12-22(13-11-20)29(32)33)24(26(31)28(25)16-18-6-2-1-3-7-18)27-15-14-19-8-4-5-9-21(19)17-27/h1-13H,14-17H2. The van der Waals surface area contributed by atoms with Crippen molar-refractivity contribution in [3.63, 3.8) is 0 Å². The summed E-state index contributed by atoms with van der Waals surface area (Å²) >= 11 is 0. The fraction of sp³-hybridized carbons (Fsp3) is 0.154. The third-order valence-electron chi connectivity index (χ3n) is 6.14. The van der Waals surface area contributed by atoms with E-state index in [2.05, 4.69) is 6.07 Å². The number of nitro groups is 1. The molecule has 0 unspecified atom stereocenters. The van der Waals surface area contributed by atoms with E-state index >= 15 is 0 Å². The van der Waals surface area contributed by atoms with Crippen molar-refractivity contribution in [2.75, 3.05) is 6.54 Å². The number of hydrogen-bond acceptors (Lipinski definition) is 5. The Morgan fingerprint density at radius 2 is 1.48 bits per heavy atom. The average molecular weight is 439 g/mol. The SMILES string of the molecule is O=C1C(c2ccc([N+](=O)[O-])cc2)=C(N2CCc3ccccc3C2)C(=O)N1Cc1ccccc1. The summed E-state index contributed by atoms with van der Waals surface area (Å²) in [5, 5.41) is 11.1. The van der Waals surface area contributed by atoms with Gasteiger partial charge in [0.2, 0.25) is 0 Å². The molecule has 0 aliphatic carbocycles. The zero-order valence-corrected chi connectivity index (χ0v) is 17.8. The van der Waals surface area contributed by atoms with E-state index in [9.17, 15) is 19.7 Å². The van der Waals surface area contributed by atoms with Crippen LogP contribution in [-0.4, -0.2) is 33.1 Å². The van der Waals surface area contributed by atoms with Crippen molar-refractivity contribution in [3.8, 4) is 0 Å². The van der Waals surface area contributed by atoms with Crippen molar-refractivity contribution in [3.05, 3.63) is 117 Å². The van der Waals surface area contributed by atoms with Gasteiger partial charge in [-0.1, -0.05) is 54.6 Å². The number of nitrogens with zero attached hydrogens (tertiary/aromatic N) is 3. The van der Waals surface area contributed by atoms with Crippen LogP contribution in [0.2, 0.25) is 0 Å². The van der Waals surface area contributed by atoms with Crippen molar-refractivity contribution in [1.29, 1.82) is 0 Å². The molecule has 0 fully saturated rings. The summed E-state index contributed by atoms with van der Waals surface area (Å²) in [4.78, 5) is 40.9. The van der Waals surface area contributed by atoms with Gasteiger partial charge < -0.3 is 4.90 Å². The van der Waals surface area contributed by atoms with Crippen molar-refractivity contribution < 1.29 is 14.5 Å². The highest BCUT2D eigenvalue weighted by molar-refractivity contribution is 6.35. The van der Waals surface area contributed by atoms with Gasteiger partial charge in [-0.15, -0.1) is 0 Å². The van der Waals surface area contributed by atoms with Crippen molar-refractivity contribution in [2.24, 2.45) is 0 Å². The first kappa shape index (κ1) is 20.6.